The predicted molar refractivity (Wildman–Crippen MR) is 89.3 cm³/mol. The molecular weight excluding hydrogens is 304 g/mol. The average Bonchev–Trinajstić information content (AvgIpc) is 3.20. The molecule has 1 aromatic rings. The molecule has 4 rings (SSSR count). The van der Waals surface area contributed by atoms with E-state index in [1.54, 1.807) is 0 Å². The monoisotopic (exact) mass is 330 g/mol. The first-order valence-corrected chi connectivity index (χ1v) is 9.26. The van der Waals surface area contributed by atoms with Crippen LogP contribution in [-0.4, -0.2) is 56.8 Å². The van der Waals surface area contributed by atoms with Crippen LogP contribution in [0, 0.1) is 5.92 Å². The number of aromatic nitrogens is 2. The maximum Gasteiger partial charge on any atom is 0.227 e. The number of nitrogens with zero attached hydrogens (tertiary/aromatic N) is 4. The number of carbonyl (C=O) groups excluding carboxylic acids is 2. The lowest BCUT2D eigenvalue weighted by Gasteiger charge is -2.33. The lowest BCUT2D eigenvalue weighted by molar-refractivity contribution is -0.136. The van der Waals surface area contributed by atoms with Gasteiger partial charge in [-0.25, -0.2) is 4.98 Å². The maximum atomic E-state index is 12.8. The van der Waals surface area contributed by atoms with Crippen molar-refractivity contribution >= 4 is 11.8 Å². The Labute approximate surface area is 142 Å². The van der Waals surface area contributed by atoms with Gasteiger partial charge in [0.25, 0.3) is 0 Å². The minimum Gasteiger partial charge on any atom is -0.342 e. The molecule has 1 unspecified atom stereocenters. The van der Waals surface area contributed by atoms with E-state index in [1.165, 1.54) is 0 Å². The average molecular weight is 330 g/mol. The van der Waals surface area contributed by atoms with Crippen molar-refractivity contribution < 1.29 is 9.59 Å². The van der Waals surface area contributed by atoms with Crippen LogP contribution >= 0.6 is 0 Å². The molecule has 3 fully saturated rings. The molecule has 1 aliphatic carbocycles. The first-order chi connectivity index (χ1) is 11.7. The Morgan fingerprint density at radius 1 is 1.25 bits per heavy atom. The zero-order valence-electron chi connectivity index (χ0n) is 14.4. The molecule has 0 radical (unpaired) electrons. The molecule has 3 aliphatic rings. The summed E-state index contributed by atoms with van der Waals surface area (Å²) in [6.45, 7) is 5.28. The van der Waals surface area contributed by atoms with Crippen molar-refractivity contribution in [3.63, 3.8) is 0 Å². The van der Waals surface area contributed by atoms with Gasteiger partial charge in [-0.05, 0) is 32.6 Å². The largest absolute Gasteiger partial charge is 0.342 e. The Morgan fingerprint density at radius 2 is 2.00 bits per heavy atom. The normalized spacial score (nSPS) is 25.5. The van der Waals surface area contributed by atoms with Crippen LogP contribution in [0.2, 0.25) is 0 Å². The molecule has 0 spiro atoms. The van der Waals surface area contributed by atoms with E-state index in [4.69, 9.17) is 0 Å². The van der Waals surface area contributed by atoms with Crippen molar-refractivity contribution in [2.75, 3.05) is 19.6 Å². The second-order valence-electron chi connectivity index (χ2n) is 7.35. The minimum atomic E-state index is -0.118. The molecular formula is C18H26N4O2. The lowest BCUT2D eigenvalue weighted by atomic mass is 9.94. The lowest BCUT2D eigenvalue weighted by Crippen LogP contribution is -2.42. The van der Waals surface area contributed by atoms with Gasteiger partial charge in [0.2, 0.25) is 11.8 Å². The summed E-state index contributed by atoms with van der Waals surface area (Å²) < 4.78 is 2.20. The number of likely N-dealkylation sites (tertiary alicyclic amines) is 2. The third kappa shape index (κ3) is 2.82. The third-order valence-corrected chi connectivity index (χ3v) is 5.76. The zero-order valence-corrected chi connectivity index (χ0v) is 14.4. The molecule has 3 heterocycles. The van der Waals surface area contributed by atoms with Gasteiger partial charge in [0, 0.05) is 57.0 Å². The van der Waals surface area contributed by atoms with Gasteiger partial charge in [0.15, 0.2) is 0 Å². The molecule has 1 saturated carbocycles. The highest BCUT2D eigenvalue weighted by atomic mass is 16.2. The Bertz CT molecular complexity index is 629. The highest BCUT2D eigenvalue weighted by Crippen LogP contribution is 2.34. The molecule has 24 heavy (non-hydrogen) atoms. The molecule has 130 valence electrons. The highest BCUT2D eigenvalue weighted by Gasteiger charge is 2.43. The van der Waals surface area contributed by atoms with Crippen LogP contribution in [0.5, 0.6) is 0 Å². The van der Waals surface area contributed by atoms with Gasteiger partial charge in [0.05, 0.1) is 5.92 Å². The molecule has 1 atom stereocenters. The minimum absolute atomic E-state index is 0.118. The van der Waals surface area contributed by atoms with Crippen molar-refractivity contribution in [2.45, 2.75) is 57.5 Å². The van der Waals surface area contributed by atoms with Crippen LogP contribution in [0.25, 0.3) is 0 Å². The molecule has 6 heteroatoms. The first-order valence-electron chi connectivity index (χ1n) is 9.26. The van der Waals surface area contributed by atoms with Crippen LogP contribution in [0.1, 0.15) is 50.8 Å². The Kier molecular flexibility index (Phi) is 4.06. The number of hydrogen-bond donors (Lipinski definition) is 0. The number of amides is 2. The summed E-state index contributed by atoms with van der Waals surface area (Å²) in [4.78, 5) is 33.3. The van der Waals surface area contributed by atoms with Crippen LogP contribution in [0.15, 0.2) is 12.4 Å². The first kappa shape index (κ1) is 15.7. The number of rotatable bonds is 4. The zero-order chi connectivity index (χ0) is 16.7. The molecule has 2 amide bonds. The summed E-state index contributed by atoms with van der Waals surface area (Å²) in [5, 5.41) is 0. The summed E-state index contributed by atoms with van der Waals surface area (Å²) in [5.74, 6) is 1.84. The van der Waals surface area contributed by atoms with E-state index in [-0.39, 0.29) is 17.7 Å². The summed E-state index contributed by atoms with van der Waals surface area (Å²) in [7, 11) is 0. The summed E-state index contributed by atoms with van der Waals surface area (Å²) >= 11 is 0. The van der Waals surface area contributed by atoms with E-state index in [2.05, 4.69) is 16.5 Å². The van der Waals surface area contributed by atoms with Gasteiger partial charge in [-0.3, -0.25) is 9.59 Å². The Hall–Kier alpha value is -1.85. The second kappa shape index (κ2) is 6.22. The number of hydrogen-bond acceptors (Lipinski definition) is 3. The topological polar surface area (TPSA) is 58.4 Å². The van der Waals surface area contributed by atoms with Gasteiger partial charge in [0.1, 0.15) is 5.82 Å². The van der Waals surface area contributed by atoms with E-state index < -0.39 is 0 Å². The Morgan fingerprint density at radius 3 is 2.67 bits per heavy atom. The van der Waals surface area contributed by atoms with Gasteiger partial charge >= 0.3 is 0 Å². The van der Waals surface area contributed by atoms with E-state index in [0.29, 0.717) is 24.9 Å². The van der Waals surface area contributed by atoms with Crippen molar-refractivity contribution in [3.05, 3.63) is 18.2 Å². The number of imidazole rings is 1. The maximum absolute atomic E-state index is 12.8. The predicted octanol–water partition coefficient (Wildman–Crippen LogP) is 1.62. The third-order valence-electron chi connectivity index (χ3n) is 5.76. The number of piperidine rings is 1. The SMILES string of the molecule is CCn1ccnc1C1CCN(C(=O)C2CC(=O)N(C3CC3)C2)CC1. The van der Waals surface area contributed by atoms with Crippen LogP contribution in [-0.2, 0) is 16.1 Å². The number of aryl methyl sites for hydroxylation is 1. The molecule has 0 bridgehead atoms. The van der Waals surface area contributed by atoms with Crippen LogP contribution in [0.3, 0.4) is 0 Å². The van der Waals surface area contributed by atoms with E-state index >= 15 is 0 Å². The highest BCUT2D eigenvalue weighted by molar-refractivity contribution is 5.89. The molecule has 2 saturated heterocycles. The van der Waals surface area contributed by atoms with Gasteiger partial charge in [-0.15, -0.1) is 0 Å². The fourth-order valence-corrected chi connectivity index (χ4v) is 4.20. The van der Waals surface area contributed by atoms with E-state index in [9.17, 15) is 9.59 Å². The van der Waals surface area contributed by atoms with E-state index in [0.717, 1.165) is 51.1 Å². The van der Waals surface area contributed by atoms with Crippen molar-refractivity contribution in [3.8, 4) is 0 Å². The van der Waals surface area contributed by atoms with E-state index in [1.807, 2.05) is 22.2 Å². The second-order valence-corrected chi connectivity index (χ2v) is 7.35. The van der Waals surface area contributed by atoms with Gasteiger partial charge in [-0.2, -0.15) is 0 Å². The van der Waals surface area contributed by atoms with Gasteiger partial charge in [-0.1, -0.05) is 0 Å². The van der Waals surface area contributed by atoms with Crippen molar-refractivity contribution in [2.24, 2.45) is 5.92 Å². The smallest absolute Gasteiger partial charge is 0.227 e. The van der Waals surface area contributed by atoms with Gasteiger partial charge < -0.3 is 14.4 Å². The molecule has 0 aromatic carbocycles. The fourth-order valence-electron chi connectivity index (χ4n) is 4.20. The number of carbonyl (C=O) groups is 2. The molecule has 0 N–H and O–H groups in total. The standard InChI is InChI=1S/C18H26N4O2/c1-2-20-10-7-19-17(20)13-5-8-21(9-6-13)18(24)14-11-16(23)22(12-14)15-3-4-15/h7,10,13-15H,2-6,8-9,11-12H2,1H3. The summed E-state index contributed by atoms with van der Waals surface area (Å²) in [6.07, 6.45) is 8.47. The van der Waals surface area contributed by atoms with Crippen LogP contribution < -0.4 is 0 Å². The van der Waals surface area contributed by atoms with Crippen molar-refractivity contribution in [1.82, 2.24) is 19.4 Å². The molecule has 1 aromatic heterocycles. The summed E-state index contributed by atoms with van der Waals surface area (Å²) in [6, 6.07) is 0.425. The van der Waals surface area contributed by atoms with Crippen LogP contribution in [0.4, 0.5) is 0 Å². The van der Waals surface area contributed by atoms with Crippen molar-refractivity contribution in [1.29, 1.82) is 0 Å². The summed E-state index contributed by atoms with van der Waals surface area (Å²) in [5.41, 5.74) is 0. The fraction of sp³-hybridized carbons (Fsp3) is 0.722. The molecule has 6 nitrogen and oxygen atoms in total. The molecule has 2 aliphatic heterocycles. The Balaban J connectivity index is 1.34. The quantitative estimate of drug-likeness (QED) is 0.843.